The number of ether oxygens (including phenoxy) is 1. The smallest absolute Gasteiger partial charge is 0.341 e. The summed E-state index contributed by atoms with van der Waals surface area (Å²) in [6.45, 7) is 8.04. The summed E-state index contributed by atoms with van der Waals surface area (Å²) in [4.78, 5) is 39.7. The lowest BCUT2D eigenvalue weighted by Gasteiger charge is -2.12. The van der Waals surface area contributed by atoms with Gasteiger partial charge in [-0.25, -0.2) is 4.79 Å². The summed E-state index contributed by atoms with van der Waals surface area (Å²) in [6, 6.07) is 5.59. The van der Waals surface area contributed by atoms with Crippen molar-refractivity contribution in [3.05, 3.63) is 56.7 Å². The van der Waals surface area contributed by atoms with Crippen LogP contribution in [0.4, 0.5) is 5.00 Å². The van der Waals surface area contributed by atoms with E-state index < -0.39 is 5.25 Å². The summed E-state index contributed by atoms with van der Waals surface area (Å²) in [5.41, 5.74) is 4.30. The molecule has 2 N–H and O–H groups in total. The summed E-state index contributed by atoms with van der Waals surface area (Å²) < 4.78 is 7.10. The highest BCUT2D eigenvalue weighted by Crippen LogP contribution is 2.38. The largest absolute Gasteiger partial charge is 0.462 e. The predicted octanol–water partition coefficient (Wildman–Crippen LogP) is 4.99. The van der Waals surface area contributed by atoms with E-state index in [-0.39, 0.29) is 30.9 Å². The van der Waals surface area contributed by atoms with Crippen LogP contribution in [0.3, 0.4) is 0 Å². The molecule has 0 spiro atoms. The van der Waals surface area contributed by atoms with Crippen molar-refractivity contribution in [3.63, 3.8) is 0 Å². The molecule has 0 aliphatic heterocycles. The van der Waals surface area contributed by atoms with Gasteiger partial charge in [-0.1, -0.05) is 24.2 Å². The Labute approximate surface area is 237 Å². The first kappa shape index (κ1) is 28.8. The Morgan fingerprint density at radius 1 is 1.13 bits per heavy atom. The van der Waals surface area contributed by atoms with Crippen molar-refractivity contribution in [2.75, 3.05) is 11.9 Å². The van der Waals surface area contributed by atoms with Crippen LogP contribution in [-0.4, -0.2) is 44.4 Å². The molecule has 3 aromatic rings. The highest BCUT2D eigenvalue weighted by molar-refractivity contribution is 8.00. The molecule has 0 saturated heterocycles. The molecule has 2 amide bonds. The minimum Gasteiger partial charge on any atom is -0.462 e. The summed E-state index contributed by atoms with van der Waals surface area (Å²) in [5.74, 6) is -0.216. The number of hydrogen-bond acceptors (Lipinski definition) is 8. The fourth-order valence-electron chi connectivity index (χ4n) is 4.42. The zero-order chi connectivity index (χ0) is 28.1. The second-order valence-electron chi connectivity index (χ2n) is 9.68. The Morgan fingerprint density at radius 3 is 2.64 bits per heavy atom. The van der Waals surface area contributed by atoms with Crippen LogP contribution in [0.5, 0.6) is 0 Å². The maximum Gasteiger partial charge on any atom is 0.341 e. The van der Waals surface area contributed by atoms with Gasteiger partial charge in [0.25, 0.3) is 5.91 Å². The van der Waals surface area contributed by atoms with E-state index in [1.165, 1.54) is 23.1 Å². The topological polar surface area (TPSA) is 115 Å². The molecule has 0 unspecified atom stereocenters. The lowest BCUT2D eigenvalue weighted by Crippen LogP contribution is -2.25. The van der Waals surface area contributed by atoms with Gasteiger partial charge in [0, 0.05) is 17.5 Å². The summed E-state index contributed by atoms with van der Waals surface area (Å²) >= 11 is 2.75. The van der Waals surface area contributed by atoms with Gasteiger partial charge < -0.3 is 19.9 Å². The van der Waals surface area contributed by atoms with Gasteiger partial charge in [0.2, 0.25) is 5.91 Å². The fraction of sp³-hybridized carbons (Fsp3) is 0.464. The van der Waals surface area contributed by atoms with Crippen molar-refractivity contribution in [3.8, 4) is 0 Å². The summed E-state index contributed by atoms with van der Waals surface area (Å²) in [7, 11) is 1.81. The monoisotopic (exact) mass is 569 g/mol. The van der Waals surface area contributed by atoms with Crippen molar-refractivity contribution in [1.82, 2.24) is 20.1 Å². The van der Waals surface area contributed by atoms with Gasteiger partial charge in [-0.2, -0.15) is 0 Å². The van der Waals surface area contributed by atoms with Gasteiger partial charge in [-0.15, -0.1) is 21.5 Å². The number of aromatic nitrogens is 3. The molecule has 1 aliphatic carbocycles. The summed E-state index contributed by atoms with van der Waals surface area (Å²) in [5, 5.41) is 14.9. The predicted molar refractivity (Wildman–Crippen MR) is 154 cm³/mol. The highest BCUT2D eigenvalue weighted by Gasteiger charge is 2.28. The molecule has 4 rings (SSSR count). The van der Waals surface area contributed by atoms with Crippen LogP contribution in [-0.2, 0) is 36.0 Å². The molecule has 1 aromatic carbocycles. The average Bonchev–Trinajstić information content (AvgIpc) is 3.33. The number of carbonyl (C=O) groups excluding carboxylic acids is 3. The number of aryl methyl sites for hydroxylation is 3. The molecule has 0 saturated carbocycles. The van der Waals surface area contributed by atoms with Crippen molar-refractivity contribution >= 4 is 45.9 Å². The first-order valence-electron chi connectivity index (χ1n) is 13.2. The van der Waals surface area contributed by atoms with E-state index in [1.807, 2.05) is 26.0 Å². The first-order chi connectivity index (χ1) is 18.7. The molecule has 0 fully saturated rings. The third-order valence-electron chi connectivity index (χ3n) is 6.89. The number of benzene rings is 1. The maximum atomic E-state index is 13.2. The molecular weight excluding hydrogens is 534 g/mol. The normalized spacial score (nSPS) is 13.8. The van der Waals surface area contributed by atoms with Crippen molar-refractivity contribution < 1.29 is 19.1 Å². The molecule has 2 aromatic heterocycles. The van der Waals surface area contributed by atoms with E-state index in [4.69, 9.17) is 4.74 Å². The number of thioether (sulfide) groups is 1. The van der Waals surface area contributed by atoms with Crippen LogP contribution in [0.15, 0.2) is 23.4 Å². The minimum atomic E-state index is -0.497. The number of amides is 2. The quantitative estimate of drug-likeness (QED) is 0.212. The van der Waals surface area contributed by atoms with Crippen molar-refractivity contribution in [2.45, 2.75) is 76.8 Å². The minimum absolute atomic E-state index is 0.185. The molecule has 9 nitrogen and oxygen atoms in total. The van der Waals surface area contributed by atoms with Gasteiger partial charge >= 0.3 is 5.97 Å². The van der Waals surface area contributed by atoms with Crippen LogP contribution in [0.1, 0.15) is 81.2 Å². The molecular formula is C28H35N5O4S2. The molecule has 1 atom stereocenters. The number of rotatable bonds is 9. The first-order valence-corrected chi connectivity index (χ1v) is 14.9. The lowest BCUT2D eigenvalue weighted by molar-refractivity contribution is -0.115. The summed E-state index contributed by atoms with van der Waals surface area (Å²) in [6.07, 6.45) is 4.97. The van der Waals surface area contributed by atoms with Crippen LogP contribution in [0.2, 0.25) is 0 Å². The Hall–Kier alpha value is -3.18. The Kier molecular flexibility index (Phi) is 9.45. The van der Waals surface area contributed by atoms with Gasteiger partial charge in [0.05, 0.1) is 24.0 Å². The standard InChI is InChI=1S/C28H35N5O4S2/c1-6-37-27(36)23-20-10-8-7-9-11-21(20)39-26(23)30-24(34)18(4)38-28-32-31-22(33(28)5)15-29-25(35)19-13-12-16(2)17(3)14-19/h12-14,18H,6-11,15H2,1-5H3,(H,29,35)(H,30,34)/t18-/m1/s1. The number of fused-ring (bicyclic) bond motifs is 1. The Balaban J connectivity index is 1.41. The third-order valence-corrected chi connectivity index (χ3v) is 9.23. The van der Waals surface area contributed by atoms with Crippen molar-refractivity contribution in [2.24, 2.45) is 7.05 Å². The number of carbonyl (C=O) groups is 3. The molecule has 1 aliphatic rings. The SMILES string of the molecule is CCOC(=O)c1c(NC(=O)[C@@H](C)Sc2nnc(CNC(=O)c3ccc(C)c(C)c3)n2C)sc2c1CCCCC2. The number of esters is 1. The third kappa shape index (κ3) is 6.70. The van der Waals surface area contributed by atoms with Gasteiger partial charge in [-0.3, -0.25) is 9.59 Å². The number of nitrogens with one attached hydrogen (secondary N) is 2. The second-order valence-corrected chi connectivity index (χ2v) is 12.1. The molecule has 0 radical (unpaired) electrons. The molecule has 208 valence electrons. The van der Waals surface area contributed by atoms with Crippen LogP contribution >= 0.6 is 23.1 Å². The van der Waals surface area contributed by atoms with E-state index in [9.17, 15) is 14.4 Å². The van der Waals surface area contributed by atoms with Crippen LogP contribution in [0.25, 0.3) is 0 Å². The molecule has 39 heavy (non-hydrogen) atoms. The maximum absolute atomic E-state index is 13.2. The number of thiophene rings is 1. The van der Waals surface area contributed by atoms with E-state index in [1.54, 1.807) is 31.5 Å². The number of anilines is 1. The van der Waals surface area contributed by atoms with Crippen molar-refractivity contribution in [1.29, 1.82) is 0 Å². The van der Waals surface area contributed by atoms with Gasteiger partial charge in [0.15, 0.2) is 11.0 Å². The highest BCUT2D eigenvalue weighted by atomic mass is 32.2. The van der Waals surface area contributed by atoms with Gasteiger partial charge in [0.1, 0.15) is 5.00 Å². The second kappa shape index (κ2) is 12.8. The van der Waals surface area contributed by atoms with E-state index in [2.05, 4.69) is 20.8 Å². The van der Waals surface area contributed by atoms with Crippen LogP contribution < -0.4 is 10.6 Å². The zero-order valence-electron chi connectivity index (χ0n) is 23.1. The average molecular weight is 570 g/mol. The van der Waals surface area contributed by atoms with E-state index in [0.29, 0.717) is 27.1 Å². The van der Waals surface area contributed by atoms with E-state index in [0.717, 1.165) is 53.7 Å². The Bertz CT molecular complexity index is 1380. The number of nitrogens with zero attached hydrogens (tertiary/aromatic N) is 3. The fourth-order valence-corrected chi connectivity index (χ4v) is 6.53. The Morgan fingerprint density at radius 2 is 1.90 bits per heavy atom. The van der Waals surface area contributed by atoms with Gasteiger partial charge in [-0.05, 0) is 82.2 Å². The molecule has 0 bridgehead atoms. The molecule has 11 heteroatoms. The van der Waals surface area contributed by atoms with Crippen LogP contribution in [0, 0.1) is 13.8 Å². The molecule has 2 heterocycles. The lowest BCUT2D eigenvalue weighted by atomic mass is 10.1. The number of hydrogen-bond donors (Lipinski definition) is 2. The zero-order valence-corrected chi connectivity index (χ0v) is 24.7. The van der Waals surface area contributed by atoms with E-state index >= 15 is 0 Å².